The Hall–Kier alpha value is -2.55. The summed E-state index contributed by atoms with van der Waals surface area (Å²) in [6.45, 7) is 4.16. The Morgan fingerprint density at radius 3 is 2.32 bits per heavy atom. The van der Waals surface area contributed by atoms with Crippen LogP contribution in [0.1, 0.15) is 24.0 Å². The van der Waals surface area contributed by atoms with E-state index >= 15 is 0 Å². The summed E-state index contributed by atoms with van der Waals surface area (Å²) in [5.41, 5.74) is 4.61. The van der Waals surface area contributed by atoms with Crippen LogP contribution in [0.3, 0.4) is 0 Å². The topological polar surface area (TPSA) is 60.0 Å². The third-order valence-corrected chi connectivity index (χ3v) is 5.56. The summed E-state index contributed by atoms with van der Waals surface area (Å²) >= 11 is 0. The van der Waals surface area contributed by atoms with Crippen LogP contribution in [0.5, 0.6) is 0 Å². The number of halogens is 1. The highest BCUT2D eigenvalue weighted by Gasteiger charge is 2.21. The van der Waals surface area contributed by atoms with Crippen LogP contribution in [0, 0.1) is 0 Å². The Labute approximate surface area is 201 Å². The molecule has 0 spiro atoms. The number of nitrogens with one attached hydrogen (secondary N) is 2. The lowest BCUT2D eigenvalue weighted by Crippen LogP contribution is -2.36. The third-order valence-electron chi connectivity index (χ3n) is 5.56. The van der Waals surface area contributed by atoms with Gasteiger partial charge in [0.05, 0.1) is 0 Å². The van der Waals surface area contributed by atoms with Crippen molar-refractivity contribution in [3.8, 4) is 0 Å². The second-order valence-corrected chi connectivity index (χ2v) is 7.64. The minimum Gasteiger partial charge on any atom is -0.364 e. The molecule has 4 rings (SSSR count). The number of nitrogens with zero attached hydrogens (tertiary/aromatic N) is 3. The van der Waals surface area contributed by atoms with E-state index in [2.05, 4.69) is 69.1 Å². The zero-order chi connectivity index (χ0) is 20.8. The van der Waals surface area contributed by atoms with Gasteiger partial charge in [0.15, 0.2) is 5.96 Å². The highest BCUT2D eigenvalue weighted by molar-refractivity contribution is 14.0. The molecule has 2 aromatic carbocycles. The number of carbonyl (C=O) groups excluding carboxylic acids is 1. The zero-order valence-electron chi connectivity index (χ0n) is 17.9. The van der Waals surface area contributed by atoms with Gasteiger partial charge in [-0.1, -0.05) is 36.4 Å². The van der Waals surface area contributed by atoms with Crippen LogP contribution in [-0.4, -0.2) is 38.5 Å². The fourth-order valence-corrected chi connectivity index (χ4v) is 3.86. The van der Waals surface area contributed by atoms with E-state index in [1.807, 2.05) is 17.0 Å². The van der Waals surface area contributed by atoms with Gasteiger partial charge < -0.3 is 20.4 Å². The molecule has 1 fully saturated rings. The molecule has 1 saturated heterocycles. The fourth-order valence-electron chi connectivity index (χ4n) is 3.86. The van der Waals surface area contributed by atoms with Crippen molar-refractivity contribution < 1.29 is 4.79 Å². The van der Waals surface area contributed by atoms with Gasteiger partial charge in [-0.15, -0.1) is 24.0 Å². The lowest BCUT2D eigenvalue weighted by molar-refractivity contribution is -0.117. The fraction of sp³-hybridized carbons (Fsp3) is 0.333. The van der Waals surface area contributed by atoms with E-state index in [9.17, 15) is 4.79 Å². The smallest absolute Gasteiger partial charge is 0.227 e. The molecule has 2 aromatic rings. The first-order valence-electron chi connectivity index (χ1n) is 10.6. The number of rotatable bonds is 6. The van der Waals surface area contributed by atoms with Crippen molar-refractivity contribution in [1.29, 1.82) is 0 Å². The normalized spacial score (nSPS) is 15.9. The lowest BCUT2D eigenvalue weighted by Gasteiger charge is -2.19. The standard InChI is InChI=1S/C24H29N5O.HI/c1-25-24(27-18-20-6-4-7-22(16-20)28-13-2-3-14-28)26-17-19-9-11-21(12-10-19)29-15-5-8-23(29)30;/h2-4,6-7,9-12,16H,5,8,13-15,17-18H2,1H3,(H2,25,26,27);1H. The van der Waals surface area contributed by atoms with Gasteiger partial charge in [0.2, 0.25) is 5.91 Å². The predicted octanol–water partition coefficient (Wildman–Crippen LogP) is 3.67. The van der Waals surface area contributed by atoms with Gasteiger partial charge in [0.1, 0.15) is 0 Å². The molecule has 2 aliphatic rings. The van der Waals surface area contributed by atoms with Gasteiger partial charge in [0.25, 0.3) is 0 Å². The molecular weight excluding hydrogens is 501 g/mol. The summed E-state index contributed by atoms with van der Waals surface area (Å²) < 4.78 is 0. The molecule has 7 heteroatoms. The number of hydrogen-bond acceptors (Lipinski definition) is 3. The number of aliphatic imine (C=N–C) groups is 1. The Kier molecular flexibility index (Phi) is 8.34. The van der Waals surface area contributed by atoms with Crippen LogP contribution < -0.4 is 20.4 Å². The van der Waals surface area contributed by atoms with E-state index in [-0.39, 0.29) is 29.9 Å². The minimum absolute atomic E-state index is 0. The molecule has 0 bridgehead atoms. The van der Waals surface area contributed by atoms with Crippen molar-refractivity contribution in [3.05, 3.63) is 71.8 Å². The molecule has 0 aromatic heterocycles. The molecule has 2 heterocycles. The maximum atomic E-state index is 11.9. The molecular formula is C24H30IN5O. The molecule has 2 N–H and O–H groups in total. The first kappa shape index (κ1) is 23.1. The maximum Gasteiger partial charge on any atom is 0.227 e. The number of anilines is 2. The average molecular weight is 531 g/mol. The monoisotopic (exact) mass is 531 g/mol. The van der Waals surface area contributed by atoms with Crippen LogP contribution in [-0.2, 0) is 17.9 Å². The minimum atomic E-state index is 0. The number of carbonyl (C=O) groups is 1. The van der Waals surface area contributed by atoms with Crippen LogP contribution >= 0.6 is 24.0 Å². The largest absolute Gasteiger partial charge is 0.364 e. The number of guanidine groups is 1. The van der Waals surface area contributed by atoms with Crippen molar-refractivity contribution >= 4 is 47.2 Å². The molecule has 164 valence electrons. The van der Waals surface area contributed by atoms with E-state index < -0.39 is 0 Å². The molecule has 31 heavy (non-hydrogen) atoms. The summed E-state index contributed by atoms with van der Waals surface area (Å²) in [6, 6.07) is 16.8. The highest BCUT2D eigenvalue weighted by Crippen LogP contribution is 2.21. The van der Waals surface area contributed by atoms with E-state index in [0.29, 0.717) is 19.5 Å². The van der Waals surface area contributed by atoms with E-state index in [0.717, 1.165) is 43.3 Å². The van der Waals surface area contributed by atoms with Gasteiger partial charge in [-0.25, -0.2) is 0 Å². The lowest BCUT2D eigenvalue weighted by atomic mass is 10.2. The van der Waals surface area contributed by atoms with Crippen molar-refractivity contribution in [2.45, 2.75) is 25.9 Å². The van der Waals surface area contributed by atoms with Gasteiger partial charge in [-0.05, 0) is 41.8 Å². The Morgan fingerprint density at radius 1 is 0.968 bits per heavy atom. The van der Waals surface area contributed by atoms with Crippen LogP contribution in [0.4, 0.5) is 11.4 Å². The summed E-state index contributed by atoms with van der Waals surface area (Å²) in [5.74, 6) is 0.984. The number of hydrogen-bond donors (Lipinski definition) is 2. The molecule has 0 radical (unpaired) electrons. The van der Waals surface area contributed by atoms with E-state index in [4.69, 9.17) is 0 Å². The van der Waals surface area contributed by atoms with Gasteiger partial charge in [-0.3, -0.25) is 9.79 Å². The zero-order valence-corrected chi connectivity index (χ0v) is 20.2. The van der Waals surface area contributed by atoms with Gasteiger partial charge in [-0.2, -0.15) is 0 Å². The Bertz CT molecular complexity index is 933. The maximum absolute atomic E-state index is 11.9. The molecule has 0 atom stereocenters. The van der Waals surface area contributed by atoms with Gasteiger partial charge in [0, 0.05) is 57.6 Å². The first-order valence-corrected chi connectivity index (χ1v) is 10.6. The van der Waals surface area contributed by atoms with Crippen LogP contribution in [0.25, 0.3) is 0 Å². The van der Waals surface area contributed by atoms with Crippen molar-refractivity contribution in [2.24, 2.45) is 4.99 Å². The summed E-state index contributed by atoms with van der Waals surface area (Å²) in [4.78, 5) is 20.4. The van der Waals surface area contributed by atoms with Crippen molar-refractivity contribution in [1.82, 2.24) is 10.6 Å². The number of amides is 1. The molecule has 0 unspecified atom stereocenters. The SMILES string of the molecule is CN=C(NCc1ccc(N2CCCC2=O)cc1)NCc1cccc(N2CC=CC2)c1.I. The summed E-state index contributed by atoms with van der Waals surface area (Å²) in [6.07, 6.45) is 6.00. The average Bonchev–Trinajstić information content (AvgIpc) is 3.47. The molecule has 0 aliphatic carbocycles. The first-order chi connectivity index (χ1) is 14.7. The summed E-state index contributed by atoms with van der Waals surface area (Å²) in [5, 5.41) is 6.75. The predicted molar refractivity (Wildman–Crippen MR) is 138 cm³/mol. The Morgan fingerprint density at radius 2 is 1.68 bits per heavy atom. The van der Waals surface area contributed by atoms with Crippen LogP contribution in [0.2, 0.25) is 0 Å². The quantitative estimate of drug-likeness (QED) is 0.259. The third kappa shape index (κ3) is 6.00. The molecule has 1 amide bonds. The van der Waals surface area contributed by atoms with Gasteiger partial charge >= 0.3 is 0 Å². The van der Waals surface area contributed by atoms with Crippen molar-refractivity contribution in [2.75, 3.05) is 36.5 Å². The highest BCUT2D eigenvalue weighted by atomic mass is 127. The molecule has 0 saturated carbocycles. The van der Waals surface area contributed by atoms with E-state index in [1.165, 1.54) is 11.3 Å². The van der Waals surface area contributed by atoms with Crippen LogP contribution in [0.15, 0.2) is 65.7 Å². The number of benzene rings is 2. The second kappa shape index (κ2) is 11.2. The second-order valence-electron chi connectivity index (χ2n) is 7.64. The summed E-state index contributed by atoms with van der Waals surface area (Å²) in [7, 11) is 1.78. The van der Waals surface area contributed by atoms with E-state index in [1.54, 1.807) is 7.05 Å². The molecule has 2 aliphatic heterocycles. The van der Waals surface area contributed by atoms with Crippen molar-refractivity contribution in [3.63, 3.8) is 0 Å². The Balaban J connectivity index is 0.00000272. The molecule has 6 nitrogen and oxygen atoms in total.